The number of nitrogens with zero attached hydrogens (tertiary/aromatic N) is 1. The molecule has 0 unspecified atom stereocenters. The van der Waals surface area contributed by atoms with E-state index in [-0.39, 0.29) is 21.9 Å². The molecule has 0 saturated heterocycles. The topological polar surface area (TPSA) is 97.5 Å². The number of para-hydroxylation sites is 1. The molecule has 0 aliphatic carbocycles. The SMILES string of the molecule is O=[N+]([O-])c1cccc(S(=O)(=O)Cc2ccccc2O)c1. The molecule has 1 N–H and O–H groups in total. The summed E-state index contributed by atoms with van der Waals surface area (Å²) in [5, 5.41) is 20.3. The highest BCUT2D eigenvalue weighted by Crippen LogP contribution is 2.24. The van der Waals surface area contributed by atoms with Crippen LogP contribution in [0.1, 0.15) is 5.56 Å². The summed E-state index contributed by atoms with van der Waals surface area (Å²) in [6.45, 7) is 0. The van der Waals surface area contributed by atoms with Crippen LogP contribution in [-0.2, 0) is 15.6 Å². The van der Waals surface area contributed by atoms with Crippen molar-refractivity contribution >= 4 is 15.5 Å². The van der Waals surface area contributed by atoms with Gasteiger partial charge in [0.25, 0.3) is 5.69 Å². The third-order valence-electron chi connectivity index (χ3n) is 2.72. The van der Waals surface area contributed by atoms with Crippen molar-refractivity contribution < 1.29 is 18.4 Å². The summed E-state index contributed by atoms with van der Waals surface area (Å²) in [6, 6.07) is 10.9. The number of benzene rings is 2. The van der Waals surface area contributed by atoms with Crippen molar-refractivity contribution in [1.29, 1.82) is 0 Å². The standard InChI is InChI=1S/C13H11NO5S/c15-13-7-2-1-4-10(13)9-20(18,19)12-6-3-5-11(8-12)14(16)17/h1-8,15H,9H2. The largest absolute Gasteiger partial charge is 0.508 e. The molecule has 0 bridgehead atoms. The van der Waals surface area contributed by atoms with Gasteiger partial charge in [-0.1, -0.05) is 24.3 Å². The van der Waals surface area contributed by atoms with Crippen molar-refractivity contribution in [3.05, 3.63) is 64.2 Å². The third-order valence-corrected chi connectivity index (χ3v) is 4.39. The Hall–Kier alpha value is -2.41. The number of nitro groups is 1. The molecule has 2 rings (SSSR count). The van der Waals surface area contributed by atoms with Gasteiger partial charge in [-0.25, -0.2) is 8.42 Å². The average molecular weight is 293 g/mol. The fourth-order valence-corrected chi connectivity index (χ4v) is 3.12. The summed E-state index contributed by atoms with van der Waals surface area (Å²) in [4.78, 5) is 9.87. The summed E-state index contributed by atoms with van der Waals surface area (Å²) >= 11 is 0. The molecule has 2 aromatic carbocycles. The van der Waals surface area contributed by atoms with Crippen LogP contribution in [0.3, 0.4) is 0 Å². The zero-order valence-corrected chi connectivity index (χ0v) is 11.1. The first-order valence-electron chi connectivity index (χ1n) is 5.64. The van der Waals surface area contributed by atoms with Crippen molar-refractivity contribution in [1.82, 2.24) is 0 Å². The number of rotatable bonds is 4. The van der Waals surface area contributed by atoms with Crippen LogP contribution in [0.2, 0.25) is 0 Å². The van der Waals surface area contributed by atoms with Crippen LogP contribution in [0.25, 0.3) is 0 Å². The van der Waals surface area contributed by atoms with Crippen LogP contribution < -0.4 is 0 Å². The first-order chi connectivity index (χ1) is 9.40. The number of phenols is 1. The zero-order valence-electron chi connectivity index (χ0n) is 10.3. The molecule has 6 nitrogen and oxygen atoms in total. The lowest BCUT2D eigenvalue weighted by molar-refractivity contribution is -0.385. The van der Waals surface area contributed by atoms with E-state index in [2.05, 4.69) is 0 Å². The van der Waals surface area contributed by atoms with E-state index in [1.54, 1.807) is 12.1 Å². The highest BCUT2D eigenvalue weighted by Gasteiger charge is 2.19. The molecule has 0 spiro atoms. The van der Waals surface area contributed by atoms with Crippen LogP contribution in [0, 0.1) is 10.1 Å². The van der Waals surface area contributed by atoms with E-state index < -0.39 is 20.5 Å². The minimum Gasteiger partial charge on any atom is -0.508 e. The highest BCUT2D eigenvalue weighted by atomic mass is 32.2. The second kappa shape index (κ2) is 5.30. The van der Waals surface area contributed by atoms with Crippen LogP contribution in [0.15, 0.2) is 53.4 Å². The van der Waals surface area contributed by atoms with Gasteiger partial charge in [-0.05, 0) is 12.1 Å². The van der Waals surface area contributed by atoms with E-state index in [0.29, 0.717) is 0 Å². The molecule has 0 atom stereocenters. The number of hydrogen-bond acceptors (Lipinski definition) is 5. The summed E-state index contributed by atoms with van der Waals surface area (Å²) in [5.74, 6) is -0.539. The van der Waals surface area contributed by atoms with Crippen molar-refractivity contribution in [2.75, 3.05) is 0 Å². The lowest BCUT2D eigenvalue weighted by atomic mass is 10.2. The quantitative estimate of drug-likeness (QED) is 0.689. The number of nitro benzene ring substituents is 1. The van der Waals surface area contributed by atoms with Gasteiger partial charge in [-0.2, -0.15) is 0 Å². The van der Waals surface area contributed by atoms with Crippen molar-refractivity contribution in [2.45, 2.75) is 10.6 Å². The number of phenolic OH excluding ortho intramolecular Hbond substituents is 1. The molecule has 0 aromatic heterocycles. The van der Waals surface area contributed by atoms with E-state index in [1.807, 2.05) is 0 Å². The first-order valence-corrected chi connectivity index (χ1v) is 7.29. The molecule has 0 aliphatic rings. The molecule has 0 heterocycles. The minimum absolute atomic E-state index is 0.124. The maximum atomic E-state index is 12.2. The smallest absolute Gasteiger partial charge is 0.270 e. The third kappa shape index (κ3) is 2.94. The molecule has 0 saturated carbocycles. The van der Waals surface area contributed by atoms with Gasteiger partial charge in [0.05, 0.1) is 15.6 Å². The zero-order chi connectivity index (χ0) is 14.8. The number of hydrogen-bond donors (Lipinski definition) is 1. The van der Waals surface area contributed by atoms with Crippen molar-refractivity contribution in [2.24, 2.45) is 0 Å². The predicted octanol–water partition coefficient (Wildman–Crippen LogP) is 2.27. The fourth-order valence-electron chi connectivity index (χ4n) is 1.71. The molecule has 7 heteroatoms. The van der Waals surface area contributed by atoms with Crippen LogP contribution in [-0.4, -0.2) is 18.4 Å². The average Bonchev–Trinajstić information content (AvgIpc) is 2.41. The van der Waals surface area contributed by atoms with Gasteiger partial charge < -0.3 is 5.11 Å². The van der Waals surface area contributed by atoms with E-state index in [1.165, 1.54) is 30.3 Å². The number of sulfone groups is 1. The van der Waals surface area contributed by atoms with Gasteiger partial charge in [0, 0.05) is 17.7 Å². The van der Waals surface area contributed by atoms with E-state index in [4.69, 9.17) is 0 Å². The molecular weight excluding hydrogens is 282 g/mol. The molecule has 104 valence electrons. The highest BCUT2D eigenvalue weighted by molar-refractivity contribution is 7.90. The number of non-ortho nitro benzene ring substituents is 1. The van der Waals surface area contributed by atoms with Crippen LogP contribution >= 0.6 is 0 Å². The van der Waals surface area contributed by atoms with Crippen LogP contribution in [0.4, 0.5) is 5.69 Å². The number of aromatic hydroxyl groups is 1. The second-order valence-electron chi connectivity index (χ2n) is 4.14. The fraction of sp³-hybridized carbons (Fsp3) is 0.0769. The molecule has 0 fully saturated rings. The van der Waals surface area contributed by atoms with Gasteiger partial charge in [-0.3, -0.25) is 10.1 Å². The van der Waals surface area contributed by atoms with Crippen LogP contribution in [0.5, 0.6) is 5.75 Å². The Morgan fingerprint density at radius 3 is 2.45 bits per heavy atom. The maximum absolute atomic E-state index is 12.2. The Morgan fingerprint density at radius 1 is 1.10 bits per heavy atom. The van der Waals surface area contributed by atoms with Gasteiger partial charge in [0.15, 0.2) is 9.84 Å². The summed E-state index contributed by atoms with van der Waals surface area (Å²) in [7, 11) is -3.76. The van der Waals surface area contributed by atoms with Gasteiger partial charge in [0.2, 0.25) is 0 Å². The lowest BCUT2D eigenvalue weighted by Crippen LogP contribution is -2.05. The maximum Gasteiger partial charge on any atom is 0.270 e. The van der Waals surface area contributed by atoms with Gasteiger partial charge in [0.1, 0.15) is 5.75 Å². The van der Waals surface area contributed by atoms with E-state index in [9.17, 15) is 23.6 Å². The monoisotopic (exact) mass is 293 g/mol. The summed E-state index contributed by atoms with van der Waals surface area (Å²) < 4.78 is 24.4. The molecular formula is C13H11NO5S. The normalized spacial score (nSPS) is 11.2. The van der Waals surface area contributed by atoms with Crippen molar-refractivity contribution in [3.8, 4) is 5.75 Å². The molecule has 20 heavy (non-hydrogen) atoms. The van der Waals surface area contributed by atoms with E-state index in [0.717, 1.165) is 6.07 Å². The van der Waals surface area contributed by atoms with Gasteiger partial charge in [-0.15, -0.1) is 0 Å². The lowest BCUT2D eigenvalue weighted by Gasteiger charge is -2.06. The molecule has 0 amide bonds. The molecule has 2 aromatic rings. The molecule has 0 aliphatic heterocycles. The Bertz CT molecular complexity index is 755. The summed E-state index contributed by atoms with van der Waals surface area (Å²) in [5.41, 5.74) is -0.0395. The Morgan fingerprint density at radius 2 is 1.80 bits per heavy atom. The Balaban J connectivity index is 2.38. The van der Waals surface area contributed by atoms with Gasteiger partial charge >= 0.3 is 0 Å². The first kappa shape index (κ1) is 14.0. The Labute approximate surface area is 115 Å². The minimum atomic E-state index is -3.76. The predicted molar refractivity (Wildman–Crippen MR) is 72.1 cm³/mol. The van der Waals surface area contributed by atoms with Crippen molar-refractivity contribution in [3.63, 3.8) is 0 Å². The second-order valence-corrected chi connectivity index (χ2v) is 6.13. The Kier molecular flexibility index (Phi) is 3.71. The van der Waals surface area contributed by atoms with E-state index >= 15 is 0 Å². The summed E-state index contributed by atoms with van der Waals surface area (Å²) in [6.07, 6.45) is 0. The molecule has 0 radical (unpaired) electrons.